The van der Waals surface area contributed by atoms with Gasteiger partial charge in [0.25, 0.3) is 0 Å². The van der Waals surface area contributed by atoms with Crippen LogP contribution in [-0.2, 0) is 0 Å². The van der Waals surface area contributed by atoms with Gasteiger partial charge in [0.05, 0.1) is 11.4 Å². The number of alkyl halides is 1. The summed E-state index contributed by atoms with van der Waals surface area (Å²) in [5, 5.41) is 0. The Kier molecular flexibility index (Phi) is 4.68. The molecule has 0 fully saturated rings. The molecule has 0 N–H and O–H groups in total. The molecule has 3 nitrogen and oxygen atoms in total. The number of aldehydes is 1. The average molecular weight is 285 g/mol. The summed E-state index contributed by atoms with van der Waals surface area (Å²) in [5.41, 5.74) is 0.782. The predicted octanol–water partition coefficient (Wildman–Crippen LogP) is 2.86. The van der Waals surface area contributed by atoms with Gasteiger partial charge in [0, 0.05) is 11.1 Å². The lowest BCUT2D eigenvalue weighted by atomic mass is 10.0. The number of hydrogen-bond acceptors (Lipinski definition) is 3. The van der Waals surface area contributed by atoms with Gasteiger partial charge >= 0.3 is 0 Å². The topological polar surface area (TPSA) is 43.4 Å². The molecule has 1 atom stereocenters. The number of carbonyl (C=O) groups excluding carboxylic acids is 2. The second-order valence-corrected chi connectivity index (χ2v) is 4.65. The summed E-state index contributed by atoms with van der Waals surface area (Å²) in [4.78, 5) is 22.3. The Labute approximate surface area is 103 Å². The van der Waals surface area contributed by atoms with Gasteiger partial charge in [-0.15, -0.1) is 0 Å². The van der Waals surface area contributed by atoms with Crippen molar-refractivity contribution in [2.75, 3.05) is 6.61 Å². The molecule has 0 aliphatic carbocycles. The lowest BCUT2D eigenvalue weighted by molar-refractivity contribution is 0.0989. The Morgan fingerprint density at radius 3 is 2.75 bits per heavy atom. The summed E-state index contributed by atoms with van der Waals surface area (Å²) in [5.74, 6) is 0.494. The van der Waals surface area contributed by atoms with Crippen LogP contribution in [0.15, 0.2) is 18.2 Å². The number of ketones is 1. The largest absolute Gasteiger partial charge is 0.494 e. The van der Waals surface area contributed by atoms with Crippen molar-refractivity contribution in [2.24, 2.45) is 0 Å². The van der Waals surface area contributed by atoms with Crippen molar-refractivity contribution < 1.29 is 14.3 Å². The van der Waals surface area contributed by atoms with Gasteiger partial charge in [0.2, 0.25) is 0 Å². The molecule has 0 aliphatic rings. The molecule has 0 radical (unpaired) electrons. The highest BCUT2D eigenvalue weighted by atomic mass is 79.9. The number of carbonyl (C=O) groups is 2. The predicted molar refractivity (Wildman–Crippen MR) is 65.7 cm³/mol. The van der Waals surface area contributed by atoms with Gasteiger partial charge in [-0.25, -0.2) is 0 Å². The third-order valence-corrected chi connectivity index (χ3v) is 2.50. The van der Waals surface area contributed by atoms with Crippen molar-refractivity contribution >= 4 is 28.0 Å². The smallest absolute Gasteiger partial charge is 0.176 e. The molecular formula is C12H13BrO3. The first kappa shape index (κ1) is 12.9. The Balaban J connectivity index is 3.11. The molecule has 0 saturated carbocycles. The normalized spacial score (nSPS) is 11.9. The van der Waals surface area contributed by atoms with Crippen LogP contribution in [0.25, 0.3) is 0 Å². The molecule has 1 aromatic rings. The Morgan fingerprint density at radius 2 is 2.25 bits per heavy atom. The van der Waals surface area contributed by atoms with Crippen LogP contribution in [0.1, 0.15) is 34.6 Å². The van der Waals surface area contributed by atoms with E-state index in [9.17, 15) is 9.59 Å². The van der Waals surface area contributed by atoms with E-state index in [4.69, 9.17) is 4.74 Å². The van der Waals surface area contributed by atoms with Gasteiger partial charge in [0.15, 0.2) is 12.1 Å². The zero-order valence-electron chi connectivity index (χ0n) is 9.20. The maximum Gasteiger partial charge on any atom is 0.176 e. The maximum absolute atomic E-state index is 11.7. The summed E-state index contributed by atoms with van der Waals surface area (Å²) >= 11 is 3.19. The van der Waals surface area contributed by atoms with E-state index in [1.807, 2.05) is 6.92 Å². The van der Waals surface area contributed by atoms with E-state index >= 15 is 0 Å². The molecule has 16 heavy (non-hydrogen) atoms. The van der Waals surface area contributed by atoms with Crippen LogP contribution >= 0.6 is 15.9 Å². The summed E-state index contributed by atoms with van der Waals surface area (Å²) in [6.45, 7) is 4.12. The number of Topliss-reactive ketones (excluding diaryl/α,β-unsaturated/α-hetero) is 1. The van der Waals surface area contributed by atoms with Crippen LogP contribution in [0, 0.1) is 0 Å². The van der Waals surface area contributed by atoms with E-state index in [0.717, 1.165) is 0 Å². The van der Waals surface area contributed by atoms with E-state index in [2.05, 4.69) is 15.9 Å². The average Bonchev–Trinajstić information content (AvgIpc) is 2.28. The molecule has 0 aromatic heterocycles. The van der Waals surface area contributed by atoms with Crippen LogP contribution in [0.3, 0.4) is 0 Å². The number of rotatable bonds is 5. The summed E-state index contributed by atoms with van der Waals surface area (Å²) in [7, 11) is 0. The number of benzene rings is 1. The van der Waals surface area contributed by atoms with Gasteiger partial charge in [-0.05, 0) is 32.0 Å². The molecule has 86 valence electrons. The lowest BCUT2D eigenvalue weighted by Gasteiger charge is -2.08. The number of ether oxygens (including phenoxy) is 1. The second-order valence-electron chi connectivity index (χ2n) is 3.28. The molecule has 1 unspecified atom stereocenters. The minimum atomic E-state index is -0.302. The summed E-state index contributed by atoms with van der Waals surface area (Å²) in [6, 6.07) is 4.90. The Hall–Kier alpha value is -1.16. The lowest BCUT2D eigenvalue weighted by Crippen LogP contribution is -2.12. The minimum Gasteiger partial charge on any atom is -0.494 e. The Bertz CT molecular complexity index is 399. The van der Waals surface area contributed by atoms with Crippen LogP contribution in [-0.4, -0.2) is 23.5 Å². The SMILES string of the molecule is CCOc1ccc(C(=O)C(C)Br)c(C=O)c1. The van der Waals surface area contributed by atoms with E-state index in [1.54, 1.807) is 25.1 Å². The third kappa shape index (κ3) is 2.92. The molecular weight excluding hydrogens is 272 g/mol. The fraction of sp³-hybridized carbons (Fsp3) is 0.333. The van der Waals surface area contributed by atoms with Crippen molar-refractivity contribution in [3.63, 3.8) is 0 Å². The van der Waals surface area contributed by atoms with E-state index < -0.39 is 0 Å². The minimum absolute atomic E-state index is 0.106. The van der Waals surface area contributed by atoms with Gasteiger partial charge in [-0.1, -0.05) is 15.9 Å². The highest BCUT2D eigenvalue weighted by Gasteiger charge is 2.16. The van der Waals surface area contributed by atoms with Crippen LogP contribution < -0.4 is 4.74 Å². The van der Waals surface area contributed by atoms with Crippen LogP contribution in [0.4, 0.5) is 0 Å². The quantitative estimate of drug-likeness (QED) is 0.474. The first-order valence-electron chi connectivity index (χ1n) is 5.00. The highest BCUT2D eigenvalue weighted by molar-refractivity contribution is 9.10. The summed E-state index contributed by atoms with van der Waals surface area (Å²) < 4.78 is 5.26. The second kappa shape index (κ2) is 5.80. The maximum atomic E-state index is 11.7. The van der Waals surface area contributed by atoms with Crippen LogP contribution in [0.5, 0.6) is 5.75 Å². The number of hydrogen-bond donors (Lipinski definition) is 0. The first-order valence-corrected chi connectivity index (χ1v) is 5.92. The fourth-order valence-electron chi connectivity index (χ4n) is 1.33. The Morgan fingerprint density at radius 1 is 1.56 bits per heavy atom. The monoisotopic (exact) mass is 284 g/mol. The highest BCUT2D eigenvalue weighted by Crippen LogP contribution is 2.19. The van der Waals surface area contributed by atoms with Gasteiger partial charge in [-0.2, -0.15) is 0 Å². The molecule has 0 amide bonds. The van der Waals surface area contributed by atoms with Crippen molar-refractivity contribution in [1.29, 1.82) is 0 Å². The van der Waals surface area contributed by atoms with Crippen molar-refractivity contribution in [1.82, 2.24) is 0 Å². The zero-order chi connectivity index (χ0) is 12.1. The van der Waals surface area contributed by atoms with E-state index in [-0.39, 0.29) is 10.6 Å². The molecule has 1 rings (SSSR count). The first-order chi connectivity index (χ1) is 7.60. The van der Waals surface area contributed by atoms with Gasteiger partial charge in [0.1, 0.15) is 5.75 Å². The molecule has 0 heterocycles. The molecule has 0 aliphatic heterocycles. The molecule has 4 heteroatoms. The molecule has 0 bridgehead atoms. The molecule has 0 spiro atoms. The molecule has 1 aromatic carbocycles. The number of halogens is 1. The van der Waals surface area contributed by atoms with Gasteiger partial charge in [-0.3, -0.25) is 9.59 Å². The van der Waals surface area contributed by atoms with Crippen molar-refractivity contribution in [3.8, 4) is 5.75 Å². The van der Waals surface area contributed by atoms with Crippen molar-refractivity contribution in [2.45, 2.75) is 18.7 Å². The van der Waals surface area contributed by atoms with Crippen molar-refractivity contribution in [3.05, 3.63) is 29.3 Å². The van der Waals surface area contributed by atoms with Crippen LogP contribution in [0.2, 0.25) is 0 Å². The van der Waals surface area contributed by atoms with E-state index in [1.165, 1.54) is 0 Å². The summed E-state index contributed by atoms with van der Waals surface area (Å²) in [6.07, 6.45) is 0.672. The third-order valence-electron chi connectivity index (χ3n) is 2.09. The molecule has 0 saturated heterocycles. The fourth-order valence-corrected chi connectivity index (χ4v) is 1.58. The van der Waals surface area contributed by atoms with E-state index in [0.29, 0.717) is 29.8 Å². The zero-order valence-corrected chi connectivity index (χ0v) is 10.8. The van der Waals surface area contributed by atoms with Gasteiger partial charge < -0.3 is 4.74 Å². The standard InChI is InChI=1S/C12H13BrO3/c1-3-16-10-4-5-11(9(6-10)7-14)12(15)8(2)13/h4-8H,3H2,1-2H3.